The van der Waals surface area contributed by atoms with Gasteiger partial charge in [-0.15, -0.1) is 0 Å². The van der Waals surface area contributed by atoms with Crippen LogP contribution in [0.4, 0.5) is 5.69 Å². The molecule has 0 aromatic heterocycles. The van der Waals surface area contributed by atoms with E-state index in [0.717, 1.165) is 17.3 Å². The Morgan fingerprint density at radius 3 is 2.52 bits per heavy atom. The first-order chi connectivity index (χ1) is 15.9. The number of nitrogens with one attached hydrogen (secondary N) is 2. The number of nitrogens with zero attached hydrogens (tertiary/aromatic N) is 1. The molecule has 0 aliphatic carbocycles. The third-order valence-electron chi connectivity index (χ3n) is 4.95. The van der Waals surface area contributed by atoms with Gasteiger partial charge in [-0.25, -0.2) is 0 Å². The molecule has 2 aromatic rings. The summed E-state index contributed by atoms with van der Waals surface area (Å²) >= 11 is 7.08. The molecule has 1 heterocycles. The Kier molecular flexibility index (Phi) is 8.09. The van der Waals surface area contributed by atoms with E-state index in [4.69, 9.17) is 25.8 Å². The molecule has 1 aliphatic rings. The number of methoxy groups -OCH3 is 3. The van der Waals surface area contributed by atoms with Gasteiger partial charge in [-0.05, 0) is 35.9 Å². The lowest BCUT2D eigenvalue weighted by atomic mass is 9.87. The summed E-state index contributed by atoms with van der Waals surface area (Å²) in [5.74, 6) is 0.432. The zero-order valence-corrected chi connectivity index (χ0v) is 19.8. The number of amides is 2. The molecule has 2 amide bonds. The molecule has 0 fully saturated rings. The Balaban J connectivity index is 1.81. The molecule has 0 saturated heterocycles. The summed E-state index contributed by atoms with van der Waals surface area (Å²) in [5.41, 5.74) is 1.55. The van der Waals surface area contributed by atoms with Crippen LogP contribution in [0.2, 0.25) is 5.02 Å². The number of nitriles is 1. The van der Waals surface area contributed by atoms with Gasteiger partial charge < -0.3 is 24.8 Å². The number of carbonyl (C=O) groups excluding carboxylic acids is 2. The van der Waals surface area contributed by atoms with Gasteiger partial charge >= 0.3 is 0 Å². The van der Waals surface area contributed by atoms with Crippen molar-refractivity contribution in [2.24, 2.45) is 0 Å². The Labute approximate surface area is 200 Å². The van der Waals surface area contributed by atoms with Crippen LogP contribution in [0.1, 0.15) is 17.9 Å². The number of thioether (sulfide) groups is 1. The Bertz CT molecular complexity index is 1150. The number of ether oxygens (including phenoxy) is 3. The largest absolute Gasteiger partial charge is 0.495 e. The van der Waals surface area contributed by atoms with E-state index >= 15 is 0 Å². The molecule has 2 N–H and O–H groups in total. The third-order valence-corrected chi connectivity index (χ3v) is 6.20. The van der Waals surface area contributed by atoms with Crippen molar-refractivity contribution in [2.45, 2.75) is 12.3 Å². The second-order valence-corrected chi connectivity index (χ2v) is 8.38. The van der Waals surface area contributed by atoms with Crippen LogP contribution in [0.5, 0.6) is 17.2 Å². The first-order valence-electron chi connectivity index (χ1n) is 9.82. The number of benzene rings is 2. The maximum Gasteiger partial charge on any atom is 0.234 e. The number of halogens is 1. The summed E-state index contributed by atoms with van der Waals surface area (Å²) in [7, 11) is 4.54. The quantitative estimate of drug-likeness (QED) is 0.577. The van der Waals surface area contributed by atoms with Crippen LogP contribution in [-0.4, -0.2) is 38.9 Å². The van der Waals surface area contributed by atoms with Crippen molar-refractivity contribution in [3.8, 4) is 23.3 Å². The van der Waals surface area contributed by atoms with E-state index in [0.29, 0.717) is 38.6 Å². The molecule has 0 bridgehead atoms. The Hall–Kier alpha value is -3.35. The molecule has 0 radical (unpaired) electrons. The molecule has 33 heavy (non-hydrogen) atoms. The molecule has 0 saturated carbocycles. The summed E-state index contributed by atoms with van der Waals surface area (Å²) in [6.07, 6.45) is 0.106. The zero-order chi connectivity index (χ0) is 24.0. The molecule has 0 unspecified atom stereocenters. The van der Waals surface area contributed by atoms with E-state index in [2.05, 4.69) is 16.7 Å². The van der Waals surface area contributed by atoms with Crippen LogP contribution in [0.3, 0.4) is 0 Å². The monoisotopic (exact) mass is 487 g/mol. The summed E-state index contributed by atoms with van der Waals surface area (Å²) in [6, 6.07) is 12.4. The fraction of sp³-hybridized carbons (Fsp3) is 0.261. The van der Waals surface area contributed by atoms with Gasteiger partial charge in [-0.3, -0.25) is 9.59 Å². The number of rotatable bonds is 8. The molecule has 3 rings (SSSR count). The minimum absolute atomic E-state index is 0.0326. The van der Waals surface area contributed by atoms with Crippen molar-refractivity contribution in [2.75, 3.05) is 32.4 Å². The highest BCUT2D eigenvalue weighted by Gasteiger charge is 2.30. The molecule has 2 aromatic carbocycles. The topological polar surface area (TPSA) is 110 Å². The van der Waals surface area contributed by atoms with Gasteiger partial charge in [0, 0.05) is 17.4 Å². The van der Waals surface area contributed by atoms with Gasteiger partial charge in [-0.2, -0.15) is 5.26 Å². The summed E-state index contributed by atoms with van der Waals surface area (Å²) in [4.78, 5) is 24.9. The Morgan fingerprint density at radius 1 is 1.15 bits per heavy atom. The lowest BCUT2D eigenvalue weighted by Gasteiger charge is -2.25. The molecule has 0 spiro atoms. The molecule has 1 atom stereocenters. The fourth-order valence-corrected chi connectivity index (χ4v) is 4.44. The third kappa shape index (κ3) is 5.72. The first-order valence-corrected chi connectivity index (χ1v) is 11.2. The molecular weight excluding hydrogens is 466 g/mol. The van der Waals surface area contributed by atoms with Gasteiger partial charge in [0.25, 0.3) is 0 Å². The molecule has 1 aliphatic heterocycles. The van der Waals surface area contributed by atoms with Crippen molar-refractivity contribution in [3.63, 3.8) is 0 Å². The number of hydrogen-bond donors (Lipinski definition) is 2. The van der Waals surface area contributed by atoms with Crippen molar-refractivity contribution in [1.82, 2.24) is 5.32 Å². The number of anilines is 1. The highest BCUT2D eigenvalue weighted by Crippen LogP contribution is 2.39. The summed E-state index contributed by atoms with van der Waals surface area (Å²) in [6.45, 7) is 0. The molecule has 172 valence electrons. The minimum Gasteiger partial charge on any atom is -0.495 e. The Morgan fingerprint density at radius 2 is 1.85 bits per heavy atom. The first kappa shape index (κ1) is 24.3. The van der Waals surface area contributed by atoms with Crippen LogP contribution in [-0.2, 0) is 9.59 Å². The van der Waals surface area contributed by atoms with E-state index in [1.807, 2.05) is 0 Å². The van der Waals surface area contributed by atoms with Crippen LogP contribution >= 0.6 is 23.4 Å². The van der Waals surface area contributed by atoms with Crippen LogP contribution < -0.4 is 24.8 Å². The summed E-state index contributed by atoms with van der Waals surface area (Å²) in [5, 5.41) is 16.1. The van der Waals surface area contributed by atoms with E-state index < -0.39 is 5.92 Å². The van der Waals surface area contributed by atoms with Crippen molar-refractivity contribution in [1.29, 1.82) is 5.26 Å². The predicted molar refractivity (Wildman–Crippen MR) is 127 cm³/mol. The van der Waals surface area contributed by atoms with E-state index in [1.165, 1.54) is 21.3 Å². The fourth-order valence-electron chi connectivity index (χ4n) is 3.39. The lowest BCUT2D eigenvalue weighted by Crippen LogP contribution is -2.31. The van der Waals surface area contributed by atoms with Gasteiger partial charge in [-0.1, -0.05) is 29.4 Å². The van der Waals surface area contributed by atoms with Gasteiger partial charge in [0.1, 0.15) is 5.75 Å². The van der Waals surface area contributed by atoms with Crippen LogP contribution in [0.25, 0.3) is 0 Å². The van der Waals surface area contributed by atoms with Crippen LogP contribution in [0, 0.1) is 11.3 Å². The van der Waals surface area contributed by atoms with E-state index in [-0.39, 0.29) is 24.0 Å². The van der Waals surface area contributed by atoms with Gasteiger partial charge in [0.2, 0.25) is 11.8 Å². The zero-order valence-electron chi connectivity index (χ0n) is 18.2. The van der Waals surface area contributed by atoms with E-state index in [9.17, 15) is 14.9 Å². The minimum atomic E-state index is -0.470. The maximum absolute atomic E-state index is 12.5. The smallest absolute Gasteiger partial charge is 0.234 e. The highest BCUT2D eigenvalue weighted by molar-refractivity contribution is 8.03. The number of carbonyl (C=O) groups is 2. The van der Waals surface area contributed by atoms with Crippen molar-refractivity contribution >= 4 is 40.9 Å². The lowest BCUT2D eigenvalue weighted by molar-refractivity contribution is -0.121. The van der Waals surface area contributed by atoms with Crippen molar-refractivity contribution in [3.05, 3.63) is 57.6 Å². The van der Waals surface area contributed by atoms with Crippen LogP contribution in [0.15, 0.2) is 47.0 Å². The van der Waals surface area contributed by atoms with Gasteiger partial charge in [0.15, 0.2) is 11.5 Å². The summed E-state index contributed by atoms with van der Waals surface area (Å²) < 4.78 is 15.8. The molecular formula is C23H22ClN3O5S. The van der Waals surface area contributed by atoms with Crippen molar-refractivity contribution < 1.29 is 23.8 Å². The SMILES string of the molecule is COc1ccc(Cl)cc1NC(=O)CSC1=C(C#N)[C@@H](c2ccc(OC)c(OC)c2)CC(=O)N1. The maximum atomic E-state index is 12.5. The second-order valence-electron chi connectivity index (χ2n) is 6.96. The van der Waals surface area contributed by atoms with Gasteiger partial charge in [0.05, 0.1) is 49.4 Å². The average molecular weight is 488 g/mol. The molecule has 8 nitrogen and oxygen atoms in total. The predicted octanol–water partition coefficient (Wildman–Crippen LogP) is 4.08. The highest BCUT2D eigenvalue weighted by atomic mass is 35.5. The van der Waals surface area contributed by atoms with E-state index in [1.54, 1.807) is 36.4 Å². The number of allylic oxidation sites excluding steroid dienone is 1. The second kappa shape index (κ2) is 11.0. The normalized spacial score (nSPS) is 15.4. The molecule has 10 heteroatoms. The number of hydrogen-bond acceptors (Lipinski definition) is 7. The average Bonchev–Trinajstić information content (AvgIpc) is 2.82. The standard InChI is InChI=1S/C23H22ClN3O5S/c1-30-18-7-5-14(24)9-17(18)26-22(29)12-33-23-16(11-25)15(10-21(28)27-23)13-4-6-19(31-2)20(8-13)32-3/h4-9,15H,10,12H2,1-3H3,(H,26,29)(H,27,28)/t15-/m1/s1.